The summed E-state index contributed by atoms with van der Waals surface area (Å²) in [5.74, 6) is 0.802. The summed E-state index contributed by atoms with van der Waals surface area (Å²) >= 11 is 2.19. The Hall–Kier alpha value is -0.330. The van der Waals surface area contributed by atoms with E-state index in [2.05, 4.69) is 22.6 Å². The molecule has 0 saturated heterocycles. The van der Waals surface area contributed by atoms with Crippen molar-refractivity contribution in [1.82, 2.24) is 0 Å². The van der Waals surface area contributed by atoms with Gasteiger partial charge in [-0.25, -0.2) is 0 Å². The monoisotopic (exact) mass is 307 g/mol. The highest BCUT2D eigenvalue weighted by molar-refractivity contribution is 14.1. The summed E-state index contributed by atoms with van der Waals surface area (Å²) in [6.07, 6.45) is -0.545. The number of aliphatic hydroxyl groups excluding tert-OH is 1. The van der Waals surface area contributed by atoms with Crippen molar-refractivity contribution in [3.8, 4) is 5.75 Å². The molecule has 0 bridgehead atoms. The second kappa shape index (κ2) is 4.95. The van der Waals surface area contributed by atoms with E-state index in [1.165, 1.54) is 0 Å². The molecule has 0 heterocycles. The Bertz CT molecular complexity index is 315. The first-order valence-electron chi connectivity index (χ1n) is 4.33. The Morgan fingerprint density at radius 1 is 1.50 bits per heavy atom. The second-order valence-electron chi connectivity index (χ2n) is 3.15. The highest BCUT2D eigenvalue weighted by Gasteiger charge is 2.15. The summed E-state index contributed by atoms with van der Waals surface area (Å²) in [6.45, 7) is 1.69. The van der Waals surface area contributed by atoms with Gasteiger partial charge in [-0.05, 0) is 47.2 Å². The zero-order valence-corrected chi connectivity index (χ0v) is 10.4. The lowest BCUT2D eigenvalue weighted by Crippen LogP contribution is -2.24. The summed E-state index contributed by atoms with van der Waals surface area (Å²) in [5, 5.41) is 9.37. The predicted molar refractivity (Wildman–Crippen MR) is 64.3 cm³/mol. The van der Waals surface area contributed by atoms with Crippen molar-refractivity contribution >= 4 is 22.6 Å². The molecule has 1 aromatic carbocycles. The maximum Gasteiger partial charge on any atom is 0.119 e. The summed E-state index contributed by atoms with van der Waals surface area (Å²) in [7, 11) is 1.62. The Morgan fingerprint density at radius 3 is 2.57 bits per heavy atom. The molecule has 0 aliphatic heterocycles. The minimum absolute atomic E-state index is 0.340. The van der Waals surface area contributed by atoms with E-state index >= 15 is 0 Å². The van der Waals surface area contributed by atoms with Crippen LogP contribution in [0.3, 0.4) is 0 Å². The normalized spacial score (nSPS) is 14.9. The van der Waals surface area contributed by atoms with Crippen LogP contribution >= 0.6 is 22.6 Å². The number of methoxy groups -OCH3 is 1. The fourth-order valence-corrected chi connectivity index (χ4v) is 2.01. The molecule has 0 aliphatic carbocycles. The van der Waals surface area contributed by atoms with Crippen LogP contribution in [0, 0.1) is 3.57 Å². The average molecular weight is 307 g/mol. The molecule has 0 fully saturated rings. The molecule has 4 heteroatoms. The number of nitrogens with two attached hydrogens (primary N) is 1. The van der Waals surface area contributed by atoms with Gasteiger partial charge in [-0.3, -0.25) is 0 Å². The fraction of sp³-hybridized carbons (Fsp3) is 0.400. The number of rotatable bonds is 3. The number of hydrogen-bond acceptors (Lipinski definition) is 3. The fourth-order valence-electron chi connectivity index (χ4n) is 1.17. The van der Waals surface area contributed by atoms with Crippen LogP contribution in [0.4, 0.5) is 0 Å². The van der Waals surface area contributed by atoms with Crippen LogP contribution in [0.5, 0.6) is 5.75 Å². The van der Waals surface area contributed by atoms with Crippen LogP contribution in [0.2, 0.25) is 0 Å². The van der Waals surface area contributed by atoms with Gasteiger partial charge in [-0.1, -0.05) is 6.07 Å². The minimum atomic E-state index is -0.545. The lowest BCUT2D eigenvalue weighted by Gasteiger charge is -2.17. The van der Waals surface area contributed by atoms with E-state index in [-0.39, 0.29) is 6.04 Å². The van der Waals surface area contributed by atoms with Gasteiger partial charge in [-0.15, -0.1) is 0 Å². The lowest BCUT2D eigenvalue weighted by atomic mass is 10.0. The third-order valence-corrected chi connectivity index (χ3v) is 3.02. The molecule has 1 rings (SSSR count). The predicted octanol–water partition coefficient (Wildman–Crippen LogP) is 1.68. The van der Waals surface area contributed by atoms with Crippen LogP contribution in [-0.4, -0.2) is 18.3 Å². The highest BCUT2D eigenvalue weighted by Crippen LogP contribution is 2.24. The second-order valence-corrected chi connectivity index (χ2v) is 4.32. The third kappa shape index (κ3) is 2.59. The van der Waals surface area contributed by atoms with Crippen molar-refractivity contribution in [3.05, 3.63) is 27.3 Å². The van der Waals surface area contributed by atoms with Gasteiger partial charge in [0.25, 0.3) is 0 Å². The molecule has 0 saturated carbocycles. The standard InChI is InChI=1S/C10H14INO2/c1-6(13)10(12)8-4-3-7(14-2)5-9(8)11/h3-6,10,13H,12H2,1-2H3/t6-,10-/m1/s1. The molecule has 0 aliphatic rings. The molecule has 2 atom stereocenters. The van der Waals surface area contributed by atoms with Gasteiger partial charge in [-0.2, -0.15) is 0 Å². The van der Waals surface area contributed by atoms with Crippen LogP contribution < -0.4 is 10.5 Å². The first-order valence-corrected chi connectivity index (χ1v) is 5.41. The molecule has 0 aromatic heterocycles. The van der Waals surface area contributed by atoms with Gasteiger partial charge < -0.3 is 15.6 Å². The number of hydrogen-bond donors (Lipinski definition) is 2. The van der Waals surface area contributed by atoms with E-state index < -0.39 is 6.10 Å². The first-order chi connectivity index (χ1) is 6.56. The SMILES string of the molecule is COc1ccc([C@H](N)[C@@H](C)O)c(I)c1. The summed E-state index contributed by atoms with van der Waals surface area (Å²) in [5.41, 5.74) is 6.78. The number of aliphatic hydroxyl groups is 1. The van der Waals surface area contributed by atoms with Crippen molar-refractivity contribution in [2.75, 3.05) is 7.11 Å². The molecule has 0 spiro atoms. The number of benzene rings is 1. The summed E-state index contributed by atoms with van der Waals surface area (Å²) < 4.78 is 6.09. The molecule has 3 N–H and O–H groups in total. The van der Waals surface area contributed by atoms with Crippen LogP contribution in [0.25, 0.3) is 0 Å². The van der Waals surface area contributed by atoms with Gasteiger partial charge in [0, 0.05) is 3.57 Å². The molecular formula is C10H14INO2. The van der Waals surface area contributed by atoms with Crippen molar-refractivity contribution < 1.29 is 9.84 Å². The van der Waals surface area contributed by atoms with Crippen molar-refractivity contribution in [1.29, 1.82) is 0 Å². The number of ether oxygens (including phenoxy) is 1. The Balaban J connectivity index is 2.99. The van der Waals surface area contributed by atoms with Crippen molar-refractivity contribution in [2.45, 2.75) is 19.1 Å². The molecular weight excluding hydrogens is 293 g/mol. The Labute approximate surface area is 97.4 Å². The average Bonchev–Trinajstić information content (AvgIpc) is 2.16. The largest absolute Gasteiger partial charge is 0.497 e. The van der Waals surface area contributed by atoms with Crippen LogP contribution in [0.15, 0.2) is 18.2 Å². The molecule has 0 unspecified atom stereocenters. The first kappa shape index (κ1) is 11.7. The van der Waals surface area contributed by atoms with Crippen molar-refractivity contribution in [3.63, 3.8) is 0 Å². The number of halogens is 1. The van der Waals surface area contributed by atoms with Crippen molar-refractivity contribution in [2.24, 2.45) is 5.73 Å². The van der Waals surface area contributed by atoms with Gasteiger partial charge in [0.2, 0.25) is 0 Å². The van der Waals surface area contributed by atoms with Gasteiger partial charge >= 0.3 is 0 Å². The summed E-state index contributed by atoms with van der Waals surface area (Å²) in [6, 6.07) is 5.29. The van der Waals surface area contributed by atoms with Crippen LogP contribution in [0.1, 0.15) is 18.5 Å². The highest BCUT2D eigenvalue weighted by atomic mass is 127. The Morgan fingerprint density at radius 2 is 2.14 bits per heavy atom. The topological polar surface area (TPSA) is 55.5 Å². The Kier molecular flexibility index (Phi) is 4.15. The van der Waals surface area contributed by atoms with Gasteiger partial charge in [0.15, 0.2) is 0 Å². The maximum atomic E-state index is 9.37. The molecule has 1 aromatic rings. The van der Waals surface area contributed by atoms with E-state index in [1.54, 1.807) is 14.0 Å². The molecule has 0 radical (unpaired) electrons. The van der Waals surface area contributed by atoms with E-state index in [0.29, 0.717) is 0 Å². The van der Waals surface area contributed by atoms with E-state index in [1.807, 2.05) is 18.2 Å². The molecule has 78 valence electrons. The zero-order valence-electron chi connectivity index (χ0n) is 8.20. The minimum Gasteiger partial charge on any atom is -0.497 e. The molecule has 0 amide bonds. The quantitative estimate of drug-likeness (QED) is 0.836. The molecule has 3 nitrogen and oxygen atoms in total. The van der Waals surface area contributed by atoms with E-state index in [0.717, 1.165) is 14.9 Å². The van der Waals surface area contributed by atoms with E-state index in [9.17, 15) is 5.11 Å². The maximum absolute atomic E-state index is 9.37. The smallest absolute Gasteiger partial charge is 0.119 e. The van der Waals surface area contributed by atoms with Gasteiger partial charge in [0.1, 0.15) is 5.75 Å². The van der Waals surface area contributed by atoms with Gasteiger partial charge in [0.05, 0.1) is 19.3 Å². The zero-order chi connectivity index (χ0) is 10.7. The van der Waals surface area contributed by atoms with E-state index in [4.69, 9.17) is 10.5 Å². The summed E-state index contributed by atoms with van der Waals surface area (Å²) in [4.78, 5) is 0. The van der Waals surface area contributed by atoms with Crippen LogP contribution in [-0.2, 0) is 0 Å². The molecule has 14 heavy (non-hydrogen) atoms. The lowest BCUT2D eigenvalue weighted by molar-refractivity contribution is 0.164. The third-order valence-electron chi connectivity index (χ3n) is 2.09.